The largest absolute Gasteiger partial charge is 0.259 e. The van der Waals surface area contributed by atoms with E-state index in [0.29, 0.717) is 0 Å². The SMILES string of the molecule is CCCc1ccnn1CBr. The first-order chi connectivity index (χ1) is 4.88. The second-order valence-electron chi connectivity index (χ2n) is 2.19. The molecule has 0 aliphatic heterocycles. The Labute approximate surface area is 69.4 Å². The molecule has 0 aromatic carbocycles. The molecule has 0 saturated carbocycles. The second kappa shape index (κ2) is 3.76. The van der Waals surface area contributed by atoms with Crippen LogP contribution in [0.2, 0.25) is 0 Å². The second-order valence-corrected chi connectivity index (χ2v) is 2.69. The van der Waals surface area contributed by atoms with Crippen LogP contribution in [0, 0.1) is 0 Å². The Kier molecular flexibility index (Phi) is 2.93. The van der Waals surface area contributed by atoms with Gasteiger partial charge in [-0.3, -0.25) is 4.68 Å². The van der Waals surface area contributed by atoms with Crippen molar-refractivity contribution in [1.29, 1.82) is 0 Å². The summed E-state index contributed by atoms with van der Waals surface area (Å²) in [5.74, 6) is 0. The topological polar surface area (TPSA) is 17.8 Å². The fraction of sp³-hybridized carbons (Fsp3) is 0.571. The van der Waals surface area contributed by atoms with Gasteiger partial charge in [0.1, 0.15) is 0 Å². The number of hydrogen-bond acceptors (Lipinski definition) is 1. The summed E-state index contributed by atoms with van der Waals surface area (Å²) in [5.41, 5.74) is 2.11. The van der Waals surface area contributed by atoms with E-state index in [9.17, 15) is 0 Å². The third kappa shape index (κ3) is 1.59. The molecule has 1 aromatic rings. The summed E-state index contributed by atoms with van der Waals surface area (Å²) in [5, 5.41) is 4.12. The maximum absolute atomic E-state index is 4.12. The lowest BCUT2D eigenvalue weighted by Crippen LogP contribution is -1.99. The monoisotopic (exact) mass is 202 g/mol. The van der Waals surface area contributed by atoms with Crippen LogP contribution in [-0.4, -0.2) is 9.78 Å². The third-order valence-electron chi connectivity index (χ3n) is 1.42. The van der Waals surface area contributed by atoms with Gasteiger partial charge in [-0.25, -0.2) is 0 Å². The molecule has 0 atom stereocenters. The lowest BCUT2D eigenvalue weighted by atomic mass is 10.2. The molecule has 0 unspecified atom stereocenters. The van der Waals surface area contributed by atoms with E-state index in [1.165, 1.54) is 12.1 Å². The Bertz CT molecular complexity index is 195. The predicted molar refractivity (Wildman–Crippen MR) is 45.1 cm³/mol. The summed E-state index contributed by atoms with van der Waals surface area (Å²) in [6, 6.07) is 2.06. The number of hydrogen-bond donors (Lipinski definition) is 0. The van der Waals surface area contributed by atoms with E-state index >= 15 is 0 Å². The first kappa shape index (κ1) is 7.79. The molecule has 0 spiro atoms. The van der Waals surface area contributed by atoms with Gasteiger partial charge in [-0.05, 0) is 12.5 Å². The number of aromatic nitrogens is 2. The summed E-state index contributed by atoms with van der Waals surface area (Å²) in [4.78, 5) is 0. The summed E-state index contributed by atoms with van der Waals surface area (Å²) >= 11 is 3.36. The van der Waals surface area contributed by atoms with Crippen molar-refractivity contribution in [3.8, 4) is 0 Å². The van der Waals surface area contributed by atoms with Crippen LogP contribution in [0.15, 0.2) is 12.3 Å². The molecule has 1 heterocycles. The van der Waals surface area contributed by atoms with Crippen molar-refractivity contribution >= 4 is 15.9 Å². The smallest absolute Gasteiger partial charge is 0.0962 e. The molecule has 1 aromatic heterocycles. The summed E-state index contributed by atoms with van der Waals surface area (Å²) < 4.78 is 1.96. The Hall–Kier alpha value is -0.310. The number of aryl methyl sites for hydroxylation is 1. The van der Waals surface area contributed by atoms with E-state index < -0.39 is 0 Å². The Morgan fingerprint density at radius 2 is 2.50 bits per heavy atom. The van der Waals surface area contributed by atoms with Gasteiger partial charge < -0.3 is 0 Å². The first-order valence-electron chi connectivity index (χ1n) is 3.45. The molecule has 0 saturated heterocycles. The lowest BCUT2D eigenvalue weighted by molar-refractivity contribution is 0.691. The van der Waals surface area contributed by atoms with Crippen molar-refractivity contribution in [3.05, 3.63) is 18.0 Å². The number of alkyl halides is 1. The van der Waals surface area contributed by atoms with E-state index in [4.69, 9.17) is 0 Å². The van der Waals surface area contributed by atoms with E-state index in [1.54, 1.807) is 0 Å². The van der Waals surface area contributed by atoms with E-state index in [-0.39, 0.29) is 0 Å². The van der Waals surface area contributed by atoms with Crippen molar-refractivity contribution < 1.29 is 0 Å². The lowest BCUT2D eigenvalue weighted by Gasteiger charge is -1.99. The van der Waals surface area contributed by atoms with Crippen LogP contribution in [0.25, 0.3) is 0 Å². The van der Waals surface area contributed by atoms with E-state index in [1.807, 2.05) is 10.9 Å². The van der Waals surface area contributed by atoms with Crippen LogP contribution in [0.1, 0.15) is 19.0 Å². The number of nitrogens with zero attached hydrogens (tertiary/aromatic N) is 2. The number of rotatable bonds is 3. The highest BCUT2D eigenvalue weighted by molar-refractivity contribution is 9.08. The van der Waals surface area contributed by atoms with Crippen LogP contribution >= 0.6 is 15.9 Å². The molecule has 0 amide bonds. The Balaban J connectivity index is 2.70. The summed E-state index contributed by atoms with van der Waals surface area (Å²) in [6.45, 7) is 2.17. The highest BCUT2D eigenvalue weighted by atomic mass is 79.9. The van der Waals surface area contributed by atoms with E-state index in [0.717, 1.165) is 11.9 Å². The molecule has 56 valence electrons. The van der Waals surface area contributed by atoms with Gasteiger partial charge in [0.15, 0.2) is 0 Å². The minimum Gasteiger partial charge on any atom is -0.259 e. The highest BCUT2D eigenvalue weighted by Gasteiger charge is 1.97. The molecule has 0 aliphatic carbocycles. The Morgan fingerprint density at radius 1 is 1.70 bits per heavy atom. The molecule has 2 nitrogen and oxygen atoms in total. The van der Waals surface area contributed by atoms with Crippen LogP contribution < -0.4 is 0 Å². The Morgan fingerprint density at radius 3 is 3.10 bits per heavy atom. The van der Waals surface area contributed by atoms with Gasteiger partial charge in [-0.15, -0.1) is 0 Å². The molecule has 0 aliphatic rings. The van der Waals surface area contributed by atoms with Crippen LogP contribution in [0.3, 0.4) is 0 Å². The summed E-state index contributed by atoms with van der Waals surface area (Å²) in [7, 11) is 0. The molecule has 0 N–H and O–H groups in total. The average molecular weight is 203 g/mol. The standard InChI is InChI=1S/C7H11BrN2/c1-2-3-7-4-5-9-10(7)6-8/h4-5H,2-3,6H2,1H3. The molecular weight excluding hydrogens is 192 g/mol. The molecule has 0 bridgehead atoms. The first-order valence-corrected chi connectivity index (χ1v) is 4.57. The number of halogens is 1. The highest BCUT2D eigenvalue weighted by Crippen LogP contribution is 2.03. The quantitative estimate of drug-likeness (QED) is 0.688. The minimum atomic E-state index is 0.801. The molecule has 1 rings (SSSR count). The zero-order valence-corrected chi connectivity index (χ0v) is 7.63. The zero-order valence-electron chi connectivity index (χ0n) is 6.05. The van der Waals surface area contributed by atoms with Crippen molar-refractivity contribution in [2.75, 3.05) is 0 Å². The van der Waals surface area contributed by atoms with Crippen molar-refractivity contribution in [2.45, 2.75) is 25.2 Å². The van der Waals surface area contributed by atoms with E-state index in [2.05, 4.69) is 34.0 Å². The molecule has 10 heavy (non-hydrogen) atoms. The van der Waals surface area contributed by atoms with Crippen molar-refractivity contribution in [2.24, 2.45) is 0 Å². The minimum absolute atomic E-state index is 0.801. The molecule has 3 heteroatoms. The van der Waals surface area contributed by atoms with Crippen LogP contribution in [0.4, 0.5) is 0 Å². The van der Waals surface area contributed by atoms with Gasteiger partial charge in [-0.2, -0.15) is 5.10 Å². The molecular formula is C7H11BrN2. The maximum Gasteiger partial charge on any atom is 0.0962 e. The van der Waals surface area contributed by atoms with Gasteiger partial charge >= 0.3 is 0 Å². The van der Waals surface area contributed by atoms with Gasteiger partial charge in [-0.1, -0.05) is 29.3 Å². The maximum atomic E-state index is 4.12. The average Bonchev–Trinajstić information content (AvgIpc) is 2.36. The van der Waals surface area contributed by atoms with Gasteiger partial charge in [0, 0.05) is 11.9 Å². The molecule has 0 radical (unpaired) electrons. The molecule has 0 fully saturated rings. The fourth-order valence-corrected chi connectivity index (χ4v) is 1.39. The van der Waals surface area contributed by atoms with Crippen molar-refractivity contribution in [3.63, 3.8) is 0 Å². The van der Waals surface area contributed by atoms with Crippen LogP contribution in [0.5, 0.6) is 0 Å². The van der Waals surface area contributed by atoms with Gasteiger partial charge in [0.25, 0.3) is 0 Å². The normalized spacial score (nSPS) is 10.2. The summed E-state index contributed by atoms with van der Waals surface area (Å²) in [6.07, 6.45) is 4.14. The van der Waals surface area contributed by atoms with Gasteiger partial charge in [0.05, 0.1) is 5.45 Å². The van der Waals surface area contributed by atoms with Crippen molar-refractivity contribution in [1.82, 2.24) is 9.78 Å². The predicted octanol–water partition coefficient (Wildman–Crippen LogP) is 2.19. The zero-order chi connectivity index (χ0) is 7.40. The van der Waals surface area contributed by atoms with Crippen LogP contribution in [-0.2, 0) is 11.9 Å². The fourth-order valence-electron chi connectivity index (χ4n) is 0.936. The third-order valence-corrected chi connectivity index (χ3v) is 1.90. The van der Waals surface area contributed by atoms with Gasteiger partial charge in [0.2, 0.25) is 0 Å².